The molecule has 0 bridgehead atoms. The van der Waals surface area contributed by atoms with E-state index in [1.807, 2.05) is 24.4 Å². The molecule has 1 saturated heterocycles. The molecule has 0 unspecified atom stereocenters. The number of furan rings is 1. The molecule has 1 fully saturated rings. The lowest BCUT2D eigenvalue weighted by Crippen LogP contribution is -2.40. The summed E-state index contributed by atoms with van der Waals surface area (Å²) in [5, 5.41) is 4.99. The molecule has 1 N–H and O–H groups in total. The minimum Gasteiger partial charge on any atom is -0.460 e. The molecule has 0 radical (unpaired) electrons. The van der Waals surface area contributed by atoms with Crippen LogP contribution in [0.3, 0.4) is 0 Å². The number of ether oxygens (including phenoxy) is 1. The van der Waals surface area contributed by atoms with Crippen molar-refractivity contribution in [2.75, 3.05) is 31.6 Å². The Bertz CT molecular complexity index is 1190. The Morgan fingerprint density at radius 1 is 1.16 bits per heavy atom. The zero-order valence-corrected chi connectivity index (χ0v) is 18.4. The SMILES string of the molecule is Cc1ccc(-c2csc(NC(=O)/C=C/c3ccc(S(=O)(=O)N4CCOCC4)cc3)n2)o1. The first-order valence-corrected chi connectivity index (χ1v) is 11.9. The van der Waals surface area contributed by atoms with Crippen LogP contribution >= 0.6 is 11.3 Å². The minimum atomic E-state index is -3.53. The van der Waals surface area contributed by atoms with E-state index < -0.39 is 10.0 Å². The number of amides is 1. The first-order chi connectivity index (χ1) is 14.9. The number of aromatic nitrogens is 1. The monoisotopic (exact) mass is 459 g/mol. The maximum atomic E-state index is 12.6. The molecular weight excluding hydrogens is 438 g/mol. The molecule has 4 rings (SSSR count). The Kier molecular flexibility index (Phi) is 6.33. The van der Waals surface area contributed by atoms with Gasteiger partial charge in [-0.15, -0.1) is 11.3 Å². The lowest BCUT2D eigenvalue weighted by molar-refractivity contribution is -0.111. The van der Waals surface area contributed by atoms with Gasteiger partial charge in [0.1, 0.15) is 11.5 Å². The molecule has 1 amide bonds. The van der Waals surface area contributed by atoms with E-state index in [0.29, 0.717) is 48.5 Å². The second kappa shape index (κ2) is 9.15. The van der Waals surface area contributed by atoms with E-state index in [1.54, 1.807) is 30.3 Å². The van der Waals surface area contributed by atoms with Crippen molar-refractivity contribution < 1.29 is 22.4 Å². The zero-order valence-electron chi connectivity index (χ0n) is 16.8. The molecule has 1 aliphatic rings. The van der Waals surface area contributed by atoms with Crippen LogP contribution in [0.5, 0.6) is 0 Å². The summed E-state index contributed by atoms with van der Waals surface area (Å²) in [7, 11) is -3.53. The zero-order chi connectivity index (χ0) is 21.8. The minimum absolute atomic E-state index is 0.222. The van der Waals surface area contributed by atoms with Crippen LogP contribution in [0.15, 0.2) is 57.2 Å². The topological polar surface area (TPSA) is 102 Å². The van der Waals surface area contributed by atoms with Crippen LogP contribution in [0.2, 0.25) is 0 Å². The van der Waals surface area contributed by atoms with Crippen molar-refractivity contribution in [3.8, 4) is 11.5 Å². The third-order valence-corrected chi connectivity index (χ3v) is 7.31. The van der Waals surface area contributed by atoms with Gasteiger partial charge in [0.05, 0.1) is 18.1 Å². The van der Waals surface area contributed by atoms with Gasteiger partial charge in [-0.05, 0) is 42.8 Å². The molecule has 8 nitrogen and oxygen atoms in total. The number of aryl methyl sites for hydroxylation is 1. The van der Waals surface area contributed by atoms with Gasteiger partial charge in [0, 0.05) is 24.5 Å². The van der Waals surface area contributed by atoms with Gasteiger partial charge in [-0.2, -0.15) is 4.31 Å². The summed E-state index contributed by atoms with van der Waals surface area (Å²) in [5.74, 6) is 1.11. The van der Waals surface area contributed by atoms with Crippen LogP contribution in [0.4, 0.5) is 5.13 Å². The number of hydrogen-bond acceptors (Lipinski definition) is 7. The van der Waals surface area contributed by atoms with E-state index >= 15 is 0 Å². The van der Waals surface area contributed by atoms with Crippen LogP contribution in [0.25, 0.3) is 17.5 Å². The summed E-state index contributed by atoms with van der Waals surface area (Å²) in [6, 6.07) is 10.1. The van der Waals surface area contributed by atoms with Gasteiger partial charge in [-0.1, -0.05) is 12.1 Å². The predicted molar refractivity (Wildman–Crippen MR) is 118 cm³/mol. The molecule has 0 saturated carbocycles. The normalized spacial score (nSPS) is 15.4. The fourth-order valence-corrected chi connectivity index (χ4v) is 5.13. The molecule has 3 aromatic rings. The third-order valence-electron chi connectivity index (χ3n) is 4.64. The standard InChI is InChI=1S/C21H21N3O5S2/c1-15-2-8-19(29-15)18-14-30-21(22-18)23-20(25)9-5-16-3-6-17(7-4-16)31(26,27)24-10-12-28-13-11-24/h2-9,14H,10-13H2,1H3,(H,22,23,25)/b9-5+. The molecule has 1 aliphatic heterocycles. The molecule has 1 aromatic carbocycles. The number of benzene rings is 1. The lowest BCUT2D eigenvalue weighted by Gasteiger charge is -2.26. The van der Waals surface area contributed by atoms with Gasteiger partial charge in [-0.25, -0.2) is 13.4 Å². The summed E-state index contributed by atoms with van der Waals surface area (Å²) < 4.78 is 37.5. The van der Waals surface area contributed by atoms with E-state index in [2.05, 4.69) is 10.3 Å². The molecule has 3 heterocycles. The summed E-state index contributed by atoms with van der Waals surface area (Å²) in [4.78, 5) is 16.8. The fraction of sp³-hybridized carbons (Fsp3) is 0.238. The Morgan fingerprint density at radius 3 is 2.58 bits per heavy atom. The van der Waals surface area contributed by atoms with E-state index in [1.165, 1.54) is 21.7 Å². The van der Waals surface area contributed by atoms with Crippen molar-refractivity contribution in [2.24, 2.45) is 0 Å². The molecule has 31 heavy (non-hydrogen) atoms. The van der Waals surface area contributed by atoms with E-state index in [0.717, 1.165) is 5.76 Å². The van der Waals surface area contributed by atoms with Crippen LogP contribution in [0.1, 0.15) is 11.3 Å². The molecule has 10 heteroatoms. The molecule has 2 aromatic heterocycles. The van der Waals surface area contributed by atoms with Crippen molar-refractivity contribution >= 4 is 38.5 Å². The van der Waals surface area contributed by atoms with Gasteiger partial charge in [-0.3, -0.25) is 10.1 Å². The second-order valence-electron chi connectivity index (χ2n) is 6.86. The number of sulfonamides is 1. The number of carbonyl (C=O) groups is 1. The first-order valence-electron chi connectivity index (χ1n) is 9.61. The quantitative estimate of drug-likeness (QED) is 0.567. The smallest absolute Gasteiger partial charge is 0.250 e. The van der Waals surface area contributed by atoms with Crippen LogP contribution in [-0.4, -0.2) is 49.9 Å². The Hall–Kier alpha value is -2.79. The average Bonchev–Trinajstić information content (AvgIpc) is 3.42. The summed E-state index contributed by atoms with van der Waals surface area (Å²) in [5.41, 5.74) is 1.37. The number of anilines is 1. The van der Waals surface area contributed by atoms with Crippen LogP contribution in [0, 0.1) is 6.92 Å². The second-order valence-corrected chi connectivity index (χ2v) is 9.65. The highest BCUT2D eigenvalue weighted by molar-refractivity contribution is 7.89. The van der Waals surface area contributed by atoms with Gasteiger partial charge in [0.2, 0.25) is 15.9 Å². The van der Waals surface area contributed by atoms with Crippen molar-refractivity contribution in [3.63, 3.8) is 0 Å². The highest BCUT2D eigenvalue weighted by Gasteiger charge is 2.25. The van der Waals surface area contributed by atoms with Crippen molar-refractivity contribution in [2.45, 2.75) is 11.8 Å². The molecule has 0 aliphatic carbocycles. The van der Waals surface area contributed by atoms with Crippen LogP contribution < -0.4 is 5.32 Å². The van der Waals surface area contributed by atoms with Crippen molar-refractivity contribution in [1.82, 2.24) is 9.29 Å². The lowest BCUT2D eigenvalue weighted by atomic mass is 10.2. The molecule has 0 atom stereocenters. The van der Waals surface area contributed by atoms with E-state index in [9.17, 15) is 13.2 Å². The largest absolute Gasteiger partial charge is 0.460 e. The maximum Gasteiger partial charge on any atom is 0.250 e. The summed E-state index contributed by atoms with van der Waals surface area (Å²) in [6.07, 6.45) is 2.99. The van der Waals surface area contributed by atoms with Gasteiger partial charge < -0.3 is 9.15 Å². The van der Waals surface area contributed by atoms with Gasteiger partial charge >= 0.3 is 0 Å². The van der Waals surface area contributed by atoms with E-state index in [-0.39, 0.29) is 10.8 Å². The number of thiazole rings is 1. The Morgan fingerprint density at radius 2 is 1.90 bits per heavy atom. The first kappa shape index (κ1) is 21.4. The summed E-state index contributed by atoms with van der Waals surface area (Å²) in [6.45, 7) is 3.35. The number of rotatable bonds is 6. The fourth-order valence-electron chi connectivity index (χ4n) is 3.02. The Balaban J connectivity index is 1.37. The average molecular weight is 460 g/mol. The number of carbonyl (C=O) groups excluding carboxylic acids is 1. The van der Waals surface area contributed by atoms with Gasteiger partial charge in [0.15, 0.2) is 10.9 Å². The highest BCUT2D eigenvalue weighted by atomic mass is 32.2. The van der Waals surface area contributed by atoms with Crippen molar-refractivity contribution in [3.05, 3.63) is 59.2 Å². The van der Waals surface area contributed by atoms with Crippen molar-refractivity contribution in [1.29, 1.82) is 0 Å². The number of nitrogens with one attached hydrogen (secondary N) is 1. The maximum absolute atomic E-state index is 12.6. The van der Waals surface area contributed by atoms with Gasteiger partial charge in [0.25, 0.3) is 0 Å². The molecule has 162 valence electrons. The molecular formula is C21H21N3O5S2. The predicted octanol–water partition coefficient (Wildman–Crippen LogP) is 3.38. The number of nitrogens with zero attached hydrogens (tertiary/aromatic N) is 2. The number of morpholine rings is 1. The Labute approximate surface area is 184 Å². The number of hydrogen-bond donors (Lipinski definition) is 1. The summed E-state index contributed by atoms with van der Waals surface area (Å²) >= 11 is 1.30. The highest BCUT2D eigenvalue weighted by Crippen LogP contribution is 2.26. The third kappa shape index (κ3) is 5.10. The van der Waals surface area contributed by atoms with E-state index in [4.69, 9.17) is 9.15 Å². The molecule has 0 spiro atoms. The van der Waals surface area contributed by atoms with Crippen LogP contribution in [-0.2, 0) is 19.6 Å².